The summed E-state index contributed by atoms with van der Waals surface area (Å²) in [6.45, 7) is 2.26. The maximum atomic E-state index is 9.49. The smallest absolute Gasteiger partial charge is 0.161 e. The number of rotatable bonds is 7. The van der Waals surface area contributed by atoms with Gasteiger partial charge < -0.3 is 5.11 Å². The molecule has 2 aliphatic rings. The van der Waals surface area contributed by atoms with Crippen LogP contribution in [0, 0.1) is 0 Å². The molecule has 0 saturated carbocycles. The van der Waals surface area contributed by atoms with Crippen LogP contribution in [0.4, 0.5) is 0 Å². The summed E-state index contributed by atoms with van der Waals surface area (Å²) in [5.74, 6) is 1.15. The molecule has 0 aliphatic carbocycles. The monoisotopic (exact) mass is 258 g/mol. The average molecular weight is 258 g/mol. The maximum Gasteiger partial charge on any atom is 0.161 e. The molecule has 17 heavy (non-hydrogen) atoms. The summed E-state index contributed by atoms with van der Waals surface area (Å²) in [4.78, 5) is 0. The number of unbranched alkanes of at least 4 members (excludes halogenated alkanes) is 5. The van der Waals surface area contributed by atoms with E-state index in [-0.39, 0.29) is 0 Å². The summed E-state index contributed by atoms with van der Waals surface area (Å²) in [7, 11) is 0. The molecule has 0 aromatic heterocycles. The summed E-state index contributed by atoms with van der Waals surface area (Å²) in [5, 5.41) is 16.6. The molecule has 3 nitrogen and oxygen atoms in total. The Balaban J connectivity index is 1.57. The molecule has 4 atom stereocenters. The lowest BCUT2D eigenvalue weighted by molar-refractivity contribution is 0.130. The van der Waals surface area contributed by atoms with E-state index in [9.17, 15) is 5.11 Å². The molecular formula is C13H26N2OS. The summed E-state index contributed by atoms with van der Waals surface area (Å²) in [5.41, 5.74) is 0. The van der Waals surface area contributed by atoms with E-state index in [0.29, 0.717) is 17.3 Å². The molecule has 0 aromatic rings. The second kappa shape index (κ2) is 6.98. The van der Waals surface area contributed by atoms with E-state index in [0.717, 1.165) is 5.75 Å². The summed E-state index contributed by atoms with van der Waals surface area (Å²) < 4.78 is 0. The molecule has 2 rings (SSSR count). The Kier molecular flexibility index (Phi) is 5.60. The van der Waals surface area contributed by atoms with E-state index in [1.54, 1.807) is 0 Å². The third-order valence-electron chi connectivity index (χ3n) is 3.89. The molecule has 4 unspecified atom stereocenters. The molecule has 2 heterocycles. The highest BCUT2D eigenvalue weighted by atomic mass is 32.2. The molecule has 0 radical (unpaired) electrons. The molecule has 0 amide bonds. The molecule has 2 fully saturated rings. The van der Waals surface area contributed by atoms with Gasteiger partial charge >= 0.3 is 0 Å². The topological polar surface area (TPSA) is 44.3 Å². The van der Waals surface area contributed by atoms with Crippen LogP contribution in [-0.2, 0) is 0 Å². The predicted molar refractivity (Wildman–Crippen MR) is 74.1 cm³/mol. The number of fused-ring (bicyclic) bond motifs is 1. The van der Waals surface area contributed by atoms with Gasteiger partial charge in [0, 0.05) is 23.1 Å². The van der Waals surface area contributed by atoms with Crippen LogP contribution in [0.25, 0.3) is 0 Å². The second-order valence-corrected chi connectivity index (χ2v) is 6.57. The highest BCUT2D eigenvalue weighted by Crippen LogP contribution is 2.33. The van der Waals surface area contributed by atoms with Crippen molar-refractivity contribution in [3.05, 3.63) is 0 Å². The van der Waals surface area contributed by atoms with Gasteiger partial charge in [0.15, 0.2) is 6.35 Å². The number of hydrogen-bond acceptors (Lipinski definition) is 4. The van der Waals surface area contributed by atoms with Gasteiger partial charge in [-0.1, -0.05) is 45.4 Å². The molecule has 0 spiro atoms. The Morgan fingerprint density at radius 2 is 1.88 bits per heavy atom. The van der Waals surface area contributed by atoms with Crippen LogP contribution in [0.1, 0.15) is 51.9 Å². The van der Waals surface area contributed by atoms with Gasteiger partial charge in [0.2, 0.25) is 0 Å². The molecule has 4 heteroatoms. The largest absolute Gasteiger partial charge is 0.365 e. The van der Waals surface area contributed by atoms with Crippen molar-refractivity contribution >= 4 is 11.8 Å². The quantitative estimate of drug-likeness (QED) is 0.612. The fourth-order valence-electron chi connectivity index (χ4n) is 2.89. The highest BCUT2D eigenvalue weighted by Gasteiger charge is 2.42. The van der Waals surface area contributed by atoms with Crippen molar-refractivity contribution in [3.63, 3.8) is 0 Å². The van der Waals surface area contributed by atoms with E-state index < -0.39 is 6.35 Å². The van der Waals surface area contributed by atoms with Crippen molar-refractivity contribution in [2.45, 2.75) is 75.6 Å². The molecule has 100 valence electrons. The van der Waals surface area contributed by atoms with E-state index in [1.807, 2.05) is 0 Å². The zero-order valence-corrected chi connectivity index (χ0v) is 11.6. The molecular weight excluding hydrogens is 232 g/mol. The third-order valence-corrected chi connectivity index (χ3v) is 5.40. The van der Waals surface area contributed by atoms with Crippen LogP contribution in [0.2, 0.25) is 0 Å². The van der Waals surface area contributed by atoms with Crippen LogP contribution < -0.4 is 10.6 Å². The maximum absolute atomic E-state index is 9.49. The molecule has 3 N–H and O–H groups in total. The number of hydrogen-bond donors (Lipinski definition) is 3. The first-order valence-electron chi connectivity index (χ1n) is 7.13. The fourth-order valence-corrected chi connectivity index (χ4v) is 4.46. The summed E-state index contributed by atoms with van der Waals surface area (Å²) in [6.07, 6.45) is 9.08. The number of aliphatic hydroxyl groups is 1. The van der Waals surface area contributed by atoms with Gasteiger partial charge in [0.25, 0.3) is 0 Å². The van der Waals surface area contributed by atoms with Gasteiger partial charge in [0.1, 0.15) is 0 Å². The van der Waals surface area contributed by atoms with Crippen molar-refractivity contribution in [2.75, 3.05) is 5.75 Å². The van der Waals surface area contributed by atoms with Crippen LogP contribution >= 0.6 is 11.8 Å². The molecule has 0 aromatic carbocycles. The third kappa shape index (κ3) is 3.85. The highest BCUT2D eigenvalue weighted by molar-refractivity contribution is 8.00. The van der Waals surface area contributed by atoms with Crippen molar-refractivity contribution < 1.29 is 5.11 Å². The van der Waals surface area contributed by atoms with Gasteiger partial charge in [-0.15, -0.1) is 0 Å². The predicted octanol–water partition coefficient (Wildman–Crippen LogP) is 2.06. The Labute approximate surface area is 109 Å². The molecule has 0 bridgehead atoms. The number of nitrogens with one attached hydrogen (secondary N) is 2. The Hall–Kier alpha value is 0.230. The minimum atomic E-state index is -0.474. The van der Waals surface area contributed by atoms with Crippen LogP contribution in [0.3, 0.4) is 0 Å². The normalized spacial score (nSPS) is 36.4. The van der Waals surface area contributed by atoms with E-state index in [4.69, 9.17) is 0 Å². The summed E-state index contributed by atoms with van der Waals surface area (Å²) in [6, 6.07) is 0.978. The lowest BCUT2D eigenvalue weighted by atomic mass is 10.0. The fraction of sp³-hybridized carbons (Fsp3) is 1.00. The first kappa shape index (κ1) is 13.7. The van der Waals surface area contributed by atoms with E-state index in [1.165, 1.54) is 44.9 Å². The SMILES string of the molecule is CCCCCCCCC1SCC2NC(O)NC21. The van der Waals surface area contributed by atoms with Gasteiger partial charge in [0.05, 0.1) is 0 Å². The first-order valence-corrected chi connectivity index (χ1v) is 8.18. The Morgan fingerprint density at radius 1 is 1.12 bits per heavy atom. The van der Waals surface area contributed by atoms with Crippen molar-refractivity contribution in [1.29, 1.82) is 0 Å². The van der Waals surface area contributed by atoms with Gasteiger partial charge in [-0.25, -0.2) is 0 Å². The Bertz CT molecular complexity index is 227. The van der Waals surface area contributed by atoms with E-state index in [2.05, 4.69) is 29.3 Å². The van der Waals surface area contributed by atoms with E-state index >= 15 is 0 Å². The van der Waals surface area contributed by atoms with Crippen molar-refractivity contribution in [2.24, 2.45) is 0 Å². The molecule has 2 aliphatic heterocycles. The Morgan fingerprint density at radius 3 is 2.71 bits per heavy atom. The number of thioether (sulfide) groups is 1. The molecule has 2 saturated heterocycles. The lowest BCUT2D eigenvalue weighted by Crippen LogP contribution is -2.37. The van der Waals surface area contributed by atoms with Crippen LogP contribution in [0.15, 0.2) is 0 Å². The zero-order valence-electron chi connectivity index (χ0n) is 10.8. The van der Waals surface area contributed by atoms with Crippen LogP contribution in [0.5, 0.6) is 0 Å². The lowest BCUT2D eigenvalue weighted by Gasteiger charge is -2.17. The van der Waals surface area contributed by atoms with Crippen molar-refractivity contribution in [3.8, 4) is 0 Å². The van der Waals surface area contributed by atoms with Gasteiger partial charge in [-0.2, -0.15) is 11.8 Å². The first-order chi connectivity index (χ1) is 8.31. The van der Waals surface area contributed by atoms with Crippen molar-refractivity contribution in [1.82, 2.24) is 10.6 Å². The minimum absolute atomic E-state index is 0.474. The van der Waals surface area contributed by atoms with Gasteiger partial charge in [-0.05, 0) is 6.42 Å². The second-order valence-electron chi connectivity index (χ2n) is 5.30. The summed E-state index contributed by atoms with van der Waals surface area (Å²) >= 11 is 2.07. The zero-order chi connectivity index (χ0) is 12.1. The van der Waals surface area contributed by atoms with Crippen LogP contribution in [-0.4, -0.2) is 34.5 Å². The number of aliphatic hydroxyl groups excluding tert-OH is 1. The minimum Gasteiger partial charge on any atom is -0.365 e. The standard InChI is InChI=1S/C13H26N2OS/c1-2-3-4-5-6-7-8-11-12-10(9-17-11)14-13(16)15-12/h10-16H,2-9H2,1H3. The average Bonchev–Trinajstić information content (AvgIpc) is 2.83. The van der Waals surface area contributed by atoms with Gasteiger partial charge in [-0.3, -0.25) is 10.6 Å².